The molecule has 24 heavy (non-hydrogen) atoms. The SMILES string of the molecule is COc1ccccc1Oc1ccc(C(=O)NS(=O)(=O)N(C)C)cc1. The van der Waals surface area contributed by atoms with Crippen molar-refractivity contribution in [3.63, 3.8) is 0 Å². The molecular formula is C16H18N2O5S. The van der Waals surface area contributed by atoms with Crippen LogP contribution in [0.2, 0.25) is 0 Å². The number of carbonyl (C=O) groups excluding carboxylic acids is 1. The summed E-state index contributed by atoms with van der Waals surface area (Å²) in [4.78, 5) is 12.0. The highest BCUT2D eigenvalue weighted by molar-refractivity contribution is 7.87. The summed E-state index contributed by atoms with van der Waals surface area (Å²) in [6, 6.07) is 13.3. The molecule has 0 spiro atoms. The van der Waals surface area contributed by atoms with Crippen LogP contribution in [0, 0.1) is 0 Å². The van der Waals surface area contributed by atoms with Gasteiger partial charge >= 0.3 is 10.2 Å². The minimum atomic E-state index is -3.83. The Hall–Kier alpha value is -2.58. The van der Waals surface area contributed by atoms with Gasteiger partial charge in [0, 0.05) is 19.7 Å². The van der Waals surface area contributed by atoms with Gasteiger partial charge in [0.2, 0.25) is 0 Å². The quantitative estimate of drug-likeness (QED) is 0.861. The largest absolute Gasteiger partial charge is 0.493 e. The van der Waals surface area contributed by atoms with Gasteiger partial charge < -0.3 is 9.47 Å². The second-order valence-electron chi connectivity index (χ2n) is 5.00. The lowest BCUT2D eigenvalue weighted by Gasteiger charge is -2.13. The number of hydrogen-bond acceptors (Lipinski definition) is 5. The Kier molecular flexibility index (Phi) is 5.42. The van der Waals surface area contributed by atoms with Crippen LogP contribution in [0.4, 0.5) is 0 Å². The lowest BCUT2D eigenvalue weighted by molar-refractivity contribution is 0.0979. The predicted octanol–water partition coefficient (Wildman–Crippen LogP) is 2.02. The average Bonchev–Trinajstić information content (AvgIpc) is 2.55. The van der Waals surface area contributed by atoms with E-state index < -0.39 is 16.1 Å². The predicted molar refractivity (Wildman–Crippen MR) is 89.6 cm³/mol. The van der Waals surface area contributed by atoms with Crippen molar-refractivity contribution in [2.24, 2.45) is 0 Å². The Morgan fingerprint density at radius 2 is 1.58 bits per heavy atom. The molecule has 2 aromatic carbocycles. The summed E-state index contributed by atoms with van der Waals surface area (Å²) in [5, 5.41) is 0. The Labute approximate surface area is 141 Å². The van der Waals surface area contributed by atoms with E-state index in [-0.39, 0.29) is 5.56 Å². The highest BCUT2D eigenvalue weighted by Crippen LogP contribution is 2.30. The Balaban J connectivity index is 2.12. The molecule has 0 aliphatic carbocycles. The van der Waals surface area contributed by atoms with Crippen LogP contribution in [0.5, 0.6) is 17.2 Å². The number of para-hydroxylation sites is 2. The molecule has 0 aliphatic heterocycles. The van der Waals surface area contributed by atoms with E-state index >= 15 is 0 Å². The number of benzene rings is 2. The first-order valence-electron chi connectivity index (χ1n) is 6.99. The summed E-state index contributed by atoms with van der Waals surface area (Å²) < 4.78 is 37.1. The fourth-order valence-corrected chi connectivity index (χ4v) is 2.31. The molecule has 0 unspecified atom stereocenters. The third kappa shape index (κ3) is 4.24. The molecule has 1 N–H and O–H groups in total. The van der Waals surface area contributed by atoms with Crippen molar-refractivity contribution in [3.8, 4) is 17.2 Å². The summed E-state index contributed by atoms with van der Waals surface area (Å²) in [7, 11) is 0.381. The third-order valence-electron chi connectivity index (χ3n) is 3.12. The van der Waals surface area contributed by atoms with Gasteiger partial charge in [-0.25, -0.2) is 4.72 Å². The van der Waals surface area contributed by atoms with E-state index in [1.54, 1.807) is 31.4 Å². The summed E-state index contributed by atoms with van der Waals surface area (Å²) >= 11 is 0. The van der Waals surface area contributed by atoms with Gasteiger partial charge in [-0.3, -0.25) is 4.79 Å². The van der Waals surface area contributed by atoms with Gasteiger partial charge in [-0.15, -0.1) is 0 Å². The lowest BCUT2D eigenvalue weighted by Crippen LogP contribution is -2.39. The first kappa shape index (κ1) is 17.8. The van der Waals surface area contributed by atoms with Gasteiger partial charge in [0.05, 0.1) is 7.11 Å². The van der Waals surface area contributed by atoms with Crippen molar-refractivity contribution in [3.05, 3.63) is 54.1 Å². The van der Waals surface area contributed by atoms with Crippen molar-refractivity contribution in [1.82, 2.24) is 9.03 Å². The number of rotatable bonds is 6. The molecule has 128 valence electrons. The van der Waals surface area contributed by atoms with Gasteiger partial charge in [0.25, 0.3) is 5.91 Å². The molecule has 0 radical (unpaired) electrons. The summed E-state index contributed by atoms with van der Waals surface area (Å²) in [6.45, 7) is 0. The maximum atomic E-state index is 12.0. The number of carbonyl (C=O) groups is 1. The van der Waals surface area contributed by atoms with Gasteiger partial charge in [0.1, 0.15) is 5.75 Å². The molecule has 0 heterocycles. The summed E-state index contributed by atoms with van der Waals surface area (Å²) in [5.74, 6) is 0.892. The molecule has 0 aromatic heterocycles. The van der Waals surface area contributed by atoms with Crippen LogP contribution in [0.15, 0.2) is 48.5 Å². The van der Waals surface area contributed by atoms with Crippen molar-refractivity contribution < 1.29 is 22.7 Å². The fraction of sp³-hybridized carbons (Fsp3) is 0.188. The zero-order chi connectivity index (χ0) is 17.7. The standard InChI is InChI=1S/C16H18N2O5S/c1-18(2)24(20,21)17-16(19)12-8-10-13(11-9-12)23-15-7-5-4-6-14(15)22-3/h4-11H,1-3H3,(H,17,19). The molecule has 0 fully saturated rings. The van der Waals surface area contributed by atoms with Crippen molar-refractivity contribution >= 4 is 16.1 Å². The smallest absolute Gasteiger partial charge is 0.303 e. The van der Waals surface area contributed by atoms with Crippen molar-refractivity contribution in [2.45, 2.75) is 0 Å². The van der Waals surface area contributed by atoms with E-state index in [1.165, 1.54) is 26.2 Å². The highest BCUT2D eigenvalue weighted by Gasteiger charge is 2.18. The molecule has 0 bridgehead atoms. The molecule has 8 heteroatoms. The highest BCUT2D eigenvalue weighted by atomic mass is 32.2. The molecule has 7 nitrogen and oxygen atoms in total. The minimum Gasteiger partial charge on any atom is -0.493 e. The molecule has 2 aromatic rings. The molecular weight excluding hydrogens is 332 g/mol. The maximum absolute atomic E-state index is 12.0. The Bertz CT molecular complexity index is 817. The number of hydrogen-bond donors (Lipinski definition) is 1. The van der Waals surface area contributed by atoms with Gasteiger partial charge in [-0.1, -0.05) is 12.1 Å². The molecule has 0 saturated heterocycles. The zero-order valence-corrected chi connectivity index (χ0v) is 14.3. The topological polar surface area (TPSA) is 84.9 Å². The maximum Gasteiger partial charge on any atom is 0.303 e. The monoisotopic (exact) mass is 350 g/mol. The van der Waals surface area contributed by atoms with Crippen LogP contribution in [0.1, 0.15) is 10.4 Å². The van der Waals surface area contributed by atoms with Crippen LogP contribution in [0.3, 0.4) is 0 Å². The summed E-state index contributed by atoms with van der Waals surface area (Å²) in [5.41, 5.74) is 0.202. The van der Waals surface area contributed by atoms with E-state index in [4.69, 9.17) is 9.47 Å². The van der Waals surface area contributed by atoms with E-state index in [0.717, 1.165) is 4.31 Å². The molecule has 0 aliphatic rings. The van der Waals surface area contributed by atoms with Crippen LogP contribution < -0.4 is 14.2 Å². The van der Waals surface area contributed by atoms with Crippen LogP contribution in [-0.2, 0) is 10.2 Å². The number of methoxy groups -OCH3 is 1. The second-order valence-corrected chi connectivity index (χ2v) is 6.88. The van der Waals surface area contributed by atoms with Gasteiger partial charge in [-0.2, -0.15) is 12.7 Å². The molecule has 1 amide bonds. The van der Waals surface area contributed by atoms with E-state index in [9.17, 15) is 13.2 Å². The third-order valence-corrected chi connectivity index (χ3v) is 4.52. The minimum absolute atomic E-state index is 0.202. The average molecular weight is 350 g/mol. The summed E-state index contributed by atoms with van der Waals surface area (Å²) in [6.07, 6.45) is 0. The Morgan fingerprint density at radius 3 is 2.12 bits per heavy atom. The van der Waals surface area contributed by atoms with E-state index in [2.05, 4.69) is 0 Å². The van der Waals surface area contributed by atoms with E-state index in [1.807, 2.05) is 16.9 Å². The van der Waals surface area contributed by atoms with Crippen molar-refractivity contribution in [1.29, 1.82) is 0 Å². The molecule has 2 rings (SSSR count). The van der Waals surface area contributed by atoms with Gasteiger partial charge in [0.15, 0.2) is 11.5 Å². The van der Waals surface area contributed by atoms with Crippen LogP contribution in [-0.4, -0.2) is 39.8 Å². The van der Waals surface area contributed by atoms with Crippen LogP contribution >= 0.6 is 0 Å². The number of ether oxygens (including phenoxy) is 2. The number of nitrogens with zero attached hydrogens (tertiary/aromatic N) is 1. The number of amides is 1. The normalized spacial score (nSPS) is 11.2. The molecule has 0 atom stereocenters. The van der Waals surface area contributed by atoms with Crippen LogP contribution in [0.25, 0.3) is 0 Å². The first-order chi connectivity index (χ1) is 11.3. The Morgan fingerprint density at radius 1 is 1.00 bits per heavy atom. The molecule has 0 saturated carbocycles. The zero-order valence-electron chi connectivity index (χ0n) is 13.5. The lowest BCUT2D eigenvalue weighted by atomic mass is 10.2. The number of nitrogens with one attached hydrogen (secondary N) is 1. The fourth-order valence-electron chi connectivity index (χ4n) is 1.77. The second kappa shape index (κ2) is 7.33. The van der Waals surface area contributed by atoms with Gasteiger partial charge in [-0.05, 0) is 36.4 Å². The van der Waals surface area contributed by atoms with E-state index in [0.29, 0.717) is 17.2 Å². The van der Waals surface area contributed by atoms with Crippen molar-refractivity contribution in [2.75, 3.05) is 21.2 Å². The first-order valence-corrected chi connectivity index (χ1v) is 8.43.